The molecule has 1 amide bonds. The number of non-ortho nitro benzene ring substituents is 1. The molecule has 0 unspecified atom stereocenters. The number of hydrogen-bond donors (Lipinski definition) is 2. The number of carbonyl (C=O) groups is 1. The quantitative estimate of drug-likeness (QED) is 0.598. The highest BCUT2D eigenvalue weighted by atomic mass is 16.6. The minimum absolute atomic E-state index is 0.0861. The average molecular weight is 317 g/mol. The first-order chi connectivity index (χ1) is 11.1. The molecule has 0 saturated heterocycles. The zero-order valence-corrected chi connectivity index (χ0v) is 13.2. The number of nitrogens with zero attached hydrogens (tertiary/aromatic N) is 1. The number of carbonyl (C=O) groups excluding carboxylic acids is 1. The van der Waals surface area contributed by atoms with E-state index in [1.165, 1.54) is 18.9 Å². The van der Waals surface area contributed by atoms with Crippen molar-refractivity contribution >= 4 is 11.6 Å². The second kappa shape index (κ2) is 6.66. The van der Waals surface area contributed by atoms with Gasteiger partial charge >= 0.3 is 0 Å². The van der Waals surface area contributed by atoms with E-state index in [1.807, 2.05) is 6.07 Å². The SMILES string of the molecule is O=C(NCC1CC1)C1(NCc2cccc([N+](=O)[O-])c2)CCCC1. The molecule has 2 aliphatic carbocycles. The van der Waals surface area contributed by atoms with E-state index in [0.29, 0.717) is 12.5 Å². The Morgan fingerprint density at radius 3 is 2.70 bits per heavy atom. The van der Waals surface area contributed by atoms with E-state index in [9.17, 15) is 14.9 Å². The Labute approximate surface area is 135 Å². The molecule has 23 heavy (non-hydrogen) atoms. The number of nitro benzene ring substituents is 1. The maximum atomic E-state index is 12.6. The van der Waals surface area contributed by atoms with Crippen molar-refractivity contribution in [2.75, 3.05) is 6.54 Å². The van der Waals surface area contributed by atoms with Crippen molar-refractivity contribution in [2.45, 2.75) is 50.6 Å². The molecule has 3 rings (SSSR count). The highest BCUT2D eigenvalue weighted by Gasteiger charge is 2.41. The molecular weight excluding hydrogens is 294 g/mol. The van der Waals surface area contributed by atoms with Gasteiger partial charge in [0.1, 0.15) is 0 Å². The standard InChI is InChI=1S/C17H23N3O3/c21-16(18-11-13-6-7-13)17(8-1-2-9-17)19-12-14-4-3-5-15(10-14)20(22)23/h3-5,10,13,19H,1-2,6-9,11-12H2,(H,18,21). The molecule has 2 fully saturated rings. The summed E-state index contributed by atoms with van der Waals surface area (Å²) >= 11 is 0. The summed E-state index contributed by atoms with van der Waals surface area (Å²) in [6.07, 6.45) is 6.18. The molecule has 2 N–H and O–H groups in total. The Hall–Kier alpha value is -1.95. The Kier molecular flexibility index (Phi) is 4.61. The molecule has 6 heteroatoms. The van der Waals surface area contributed by atoms with Crippen LogP contribution >= 0.6 is 0 Å². The van der Waals surface area contributed by atoms with E-state index in [2.05, 4.69) is 10.6 Å². The summed E-state index contributed by atoms with van der Waals surface area (Å²) in [5.74, 6) is 0.751. The second-order valence-electron chi connectivity index (χ2n) is 6.72. The van der Waals surface area contributed by atoms with Gasteiger partial charge in [0.05, 0.1) is 10.5 Å². The molecule has 1 aromatic rings. The van der Waals surface area contributed by atoms with Crippen LogP contribution in [0.1, 0.15) is 44.1 Å². The molecule has 1 aromatic carbocycles. The summed E-state index contributed by atoms with van der Waals surface area (Å²) in [5.41, 5.74) is 0.405. The van der Waals surface area contributed by atoms with Gasteiger partial charge in [0.2, 0.25) is 5.91 Å². The molecule has 0 aliphatic heterocycles. The Morgan fingerprint density at radius 1 is 1.30 bits per heavy atom. The molecular formula is C17H23N3O3. The molecule has 124 valence electrons. The average Bonchev–Trinajstić information content (AvgIpc) is 3.26. The van der Waals surface area contributed by atoms with E-state index in [1.54, 1.807) is 12.1 Å². The molecule has 0 spiro atoms. The van der Waals surface area contributed by atoms with Crippen LogP contribution in [0.5, 0.6) is 0 Å². The fourth-order valence-corrected chi connectivity index (χ4v) is 3.24. The van der Waals surface area contributed by atoms with Gasteiger partial charge < -0.3 is 5.32 Å². The number of nitrogens with one attached hydrogen (secondary N) is 2. The highest BCUT2D eigenvalue weighted by Crippen LogP contribution is 2.32. The van der Waals surface area contributed by atoms with Gasteiger partial charge in [-0.15, -0.1) is 0 Å². The maximum absolute atomic E-state index is 12.6. The van der Waals surface area contributed by atoms with Gasteiger partial charge in [0.15, 0.2) is 0 Å². The van der Waals surface area contributed by atoms with Crippen molar-refractivity contribution in [1.82, 2.24) is 10.6 Å². The molecule has 0 radical (unpaired) electrons. The minimum atomic E-state index is -0.514. The van der Waals surface area contributed by atoms with Gasteiger partial charge in [0, 0.05) is 25.2 Å². The Bertz CT molecular complexity index is 593. The lowest BCUT2D eigenvalue weighted by Gasteiger charge is -2.29. The van der Waals surface area contributed by atoms with Crippen molar-refractivity contribution in [3.63, 3.8) is 0 Å². The van der Waals surface area contributed by atoms with Crippen LogP contribution < -0.4 is 10.6 Å². The molecule has 2 aliphatic rings. The molecule has 0 heterocycles. The molecule has 2 saturated carbocycles. The lowest BCUT2D eigenvalue weighted by molar-refractivity contribution is -0.384. The lowest BCUT2D eigenvalue weighted by atomic mass is 9.95. The van der Waals surface area contributed by atoms with Crippen molar-refractivity contribution in [3.05, 3.63) is 39.9 Å². The van der Waals surface area contributed by atoms with Crippen LogP contribution in [0.3, 0.4) is 0 Å². The van der Waals surface area contributed by atoms with Gasteiger partial charge in [-0.25, -0.2) is 0 Å². The van der Waals surface area contributed by atoms with Crippen LogP contribution in [0.2, 0.25) is 0 Å². The number of rotatable bonds is 7. The van der Waals surface area contributed by atoms with Crippen LogP contribution in [0.4, 0.5) is 5.69 Å². The van der Waals surface area contributed by atoms with E-state index < -0.39 is 10.5 Å². The predicted octanol–water partition coefficient (Wildman–Crippen LogP) is 2.52. The first-order valence-electron chi connectivity index (χ1n) is 8.36. The van der Waals surface area contributed by atoms with Gasteiger partial charge in [-0.3, -0.25) is 20.2 Å². The summed E-state index contributed by atoms with van der Waals surface area (Å²) in [5, 5.41) is 17.3. The first-order valence-corrected chi connectivity index (χ1v) is 8.36. The van der Waals surface area contributed by atoms with Crippen molar-refractivity contribution < 1.29 is 9.72 Å². The summed E-state index contributed by atoms with van der Waals surface area (Å²) in [7, 11) is 0. The van der Waals surface area contributed by atoms with Crippen molar-refractivity contribution in [3.8, 4) is 0 Å². The largest absolute Gasteiger partial charge is 0.354 e. The summed E-state index contributed by atoms with van der Waals surface area (Å²) in [6.45, 7) is 1.25. The minimum Gasteiger partial charge on any atom is -0.354 e. The zero-order valence-electron chi connectivity index (χ0n) is 13.2. The van der Waals surface area contributed by atoms with Crippen LogP contribution in [-0.4, -0.2) is 22.9 Å². The second-order valence-corrected chi connectivity index (χ2v) is 6.72. The number of hydrogen-bond acceptors (Lipinski definition) is 4. The Morgan fingerprint density at radius 2 is 2.04 bits per heavy atom. The predicted molar refractivity (Wildman–Crippen MR) is 86.9 cm³/mol. The van der Waals surface area contributed by atoms with E-state index in [-0.39, 0.29) is 11.6 Å². The normalized spacial score (nSPS) is 19.5. The number of amides is 1. The van der Waals surface area contributed by atoms with Crippen molar-refractivity contribution in [1.29, 1.82) is 0 Å². The third-order valence-electron chi connectivity index (χ3n) is 4.89. The van der Waals surface area contributed by atoms with Crippen LogP contribution in [0.25, 0.3) is 0 Å². The van der Waals surface area contributed by atoms with Crippen LogP contribution in [0.15, 0.2) is 24.3 Å². The summed E-state index contributed by atoms with van der Waals surface area (Å²) < 4.78 is 0. The van der Waals surface area contributed by atoms with Crippen molar-refractivity contribution in [2.24, 2.45) is 5.92 Å². The molecule has 0 aromatic heterocycles. The zero-order chi connectivity index (χ0) is 16.3. The molecule has 0 atom stereocenters. The van der Waals surface area contributed by atoms with Gasteiger partial charge in [0.25, 0.3) is 5.69 Å². The van der Waals surface area contributed by atoms with E-state index >= 15 is 0 Å². The van der Waals surface area contributed by atoms with E-state index in [0.717, 1.165) is 37.8 Å². The van der Waals surface area contributed by atoms with Crippen LogP contribution in [-0.2, 0) is 11.3 Å². The number of nitro groups is 1. The fraction of sp³-hybridized carbons (Fsp3) is 0.588. The van der Waals surface area contributed by atoms with Gasteiger partial charge in [-0.2, -0.15) is 0 Å². The van der Waals surface area contributed by atoms with Gasteiger partial charge in [-0.05, 0) is 37.2 Å². The third-order valence-corrected chi connectivity index (χ3v) is 4.89. The Balaban J connectivity index is 1.63. The summed E-state index contributed by atoms with van der Waals surface area (Å²) in [4.78, 5) is 23.1. The topological polar surface area (TPSA) is 84.3 Å². The van der Waals surface area contributed by atoms with Gasteiger partial charge in [-0.1, -0.05) is 25.0 Å². The molecule has 0 bridgehead atoms. The first kappa shape index (κ1) is 15.9. The smallest absolute Gasteiger partial charge is 0.269 e. The summed E-state index contributed by atoms with van der Waals surface area (Å²) in [6, 6.07) is 6.59. The number of benzene rings is 1. The third kappa shape index (κ3) is 3.88. The van der Waals surface area contributed by atoms with Crippen LogP contribution in [0, 0.1) is 16.0 Å². The lowest BCUT2D eigenvalue weighted by Crippen LogP contribution is -2.55. The maximum Gasteiger partial charge on any atom is 0.269 e. The monoisotopic (exact) mass is 317 g/mol. The fourth-order valence-electron chi connectivity index (χ4n) is 3.24. The van der Waals surface area contributed by atoms with E-state index in [4.69, 9.17) is 0 Å². The molecule has 6 nitrogen and oxygen atoms in total. The highest BCUT2D eigenvalue weighted by molar-refractivity contribution is 5.86.